The van der Waals surface area contributed by atoms with Gasteiger partial charge in [-0.1, -0.05) is 57.0 Å². The van der Waals surface area contributed by atoms with E-state index in [-0.39, 0.29) is 0 Å². The fraction of sp³-hybridized carbons (Fsp3) is 0.700. The molecule has 0 amide bonds. The molecule has 2 fully saturated rings. The lowest BCUT2D eigenvalue weighted by molar-refractivity contribution is 0.151. The van der Waals surface area contributed by atoms with E-state index < -0.39 is 0 Å². The molecular weight excluding hydrogens is 254 g/mol. The van der Waals surface area contributed by atoms with E-state index in [4.69, 9.17) is 0 Å². The minimum atomic E-state index is 0.857. The normalized spacial score (nSPS) is 35.6. The van der Waals surface area contributed by atoms with Gasteiger partial charge in [0.05, 0.1) is 0 Å². The van der Waals surface area contributed by atoms with E-state index in [1.807, 2.05) is 0 Å². The molecule has 0 saturated heterocycles. The van der Waals surface area contributed by atoms with Crippen LogP contribution in [0.1, 0.15) is 57.4 Å². The second kappa shape index (κ2) is 6.96. The monoisotopic (exact) mass is 285 g/mol. The molecule has 0 radical (unpaired) electrons. The topological polar surface area (TPSA) is 12.0 Å². The predicted octanol–water partition coefficient (Wildman–Crippen LogP) is 4.84. The molecule has 0 aromatic heterocycles. The van der Waals surface area contributed by atoms with Crippen molar-refractivity contribution in [1.29, 1.82) is 0 Å². The van der Waals surface area contributed by atoms with E-state index in [9.17, 15) is 0 Å². The Balaban J connectivity index is 1.65. The summed E-state index contributed by atoms with van der Waals surface area (Å²) in [5, 5.41) is 3.62. The van der Waals surface area contributed by atoms with Crippen LogP contribution in [0.2, 0.25) is 0 Å². The van der Waals surface area contributed by atoms with Crippen molar-refractivity contribution in [3.8, 4) is 0 Å². The number of benzene rings is 1. The summed E-state index contributed by atoms with van der Waals surface area (Å²) < 4.78 is 0. The van der Waals surface area contributed by atoms with Crippen LogP contribution in [0.5, 0.6) is 0 Å². The van der Waals surface area contributed by atoms with Crippen LogP contribution < -0.4 is 5.32 Å². The zero-order valence-electron chi connectivity index (χ0n) is 13.7. The van der Waals surface area contributed by atoms with Gasteiger partial charge in [-0.2, -0.15) is 0 Å². The average Bonchev–Trinajstić information content (AvgIpc) is 3.34. The Morgan fingerprint density at radius 3 is 2.52 bits per heavy atom. The lowest BCUT2D eigenvalue weighted by Gasteiger charge is -2.37. The SMILES string of the molecule is CCNCC1CCC(CC)CC1C1CC1c1ccccc1. The fourth-order valence-electron chi connectivity index (χ4n) is 4.61. The molecule has 21 heavy (non-hydrogen) atoms. The number of nitrogens with one attached hydrogen (secondary N) is 1. The number of hydrogen-bond donors (Lipinski definition) is 1. The molecular formula is C20H31N. The summed E-state index contributed by atoms with van der Waals surface area (Å²) in [6.45, 7) is 6.98. The summed E-state index contributed by atoms with van der Waals surface area (Å²) >= 11 is 0. The summed E-state index contributed by atoms with van der Waals surface area (Å²) in [4.78, 5) is 0. The van der Waals surface area contributed by atoms with E-state index in [2.05, 4.69) is 49.5 Å². The molecule has 0 spiro atoms. The molecule has 1 nitrogen and oxygen atoms in total. The Morgan fingerprint density at radius 1 is 1.00 bits per heavy atom. The third-order valence-electron chi connectivity index (χ3n) is 6.01. The summed E-state index contributed by atoms with van der Waals surface area (Å²) in [5.74, 6) is 4.70. The van der Waals surface area contributed by atoms with Crippen LogP contribution in [-0.2, 0) is 0 Å². The highest BCUT2D eigenvalue weighted by atomic mass is 14.9. The molecule has 0 heterocycles. The van der Waals surface area contributed by atoms with Gasteiger partial charge in [-0.05, 0) is 67.5 Å². The van der Waals surface area contributed by atoms with Crippen molar-refractivity contribution in [2.75, 3.05) is 13.1 Å². The van der Waals surface area contributed by atoms with Crippen molar-refractivity contribution in [2.24, 2.45) is 23.7 Å². The maximum atomic E-state index is 3.62. The molecule has 1 aromatic carbocycles. The van der Waals surface area contributed by atoms with Crippen LogP contribution in [0.3, 0.4) is 0 Å². The predicted molar refractivity (Wildman–Crippen MR) is 90.4 cm³/mol. The van der Waals surface area contributed by atoms with E-state index in [1.54, 1.807) is 5.56 Å². The van der Waals surface area contributed by atoms with Gasteiger partial charge in [0, 0.05) is 0 Å². The molecule has 5 atom stereocenters. The Bertz CT molecular complexity index is 427. The molecule has 2 aliphatic rings. The molecule has 116 valence electrons. The molecule has 1 heteroatoms. The highest BCUT2D eigenvalue weighted by Crippen LogP contribution is 2.57. The Labute approximate surface area is 130 Å². The second-order valence-electron chi connectivity index (χ2n) is 7.24. The molecule has 3 rings (SSSR count). The zero-order chi connectivity index (χ0) is 14.7. The highest BCUT2D eigenvalue weighted by Gasteiger charge is 2.47. The Hall–Kier alpha value is -0.820. The van der Waals surface area contributed by atoms with Crippen LogP contribution in [0.15, 0.2) is 30.3 Å². The third-order valence-corrected chi connectivity index (χ3v) is 6.01. The Kier molecular flexibility index (Phi) is 5.00. The van der Waals surface area contributed by atoms with Crippen molar-refractivity contribution in [3.05, 3.63) is 35.9 Å². The Morgan fingerprint density at radius 2 is 1.81 bits per heavy atom. The van der Waals surface area contributed by atoms with Crippen LogP contribution in [0.4, 0.5) is 0 Å². The molecule has 2 saturated carbocycles. The first-order valence-corrected chi connectivity index (χ1v) is 9.09. The van der Waals surface area contributed by atoms with Crippen LogP contribution in [0, 0.1) is 23.7 Å². The van der Waals surface area contributed by atoms with Gasteiger partial charge in [0.15, 0.2) is 0 Å². The van der Waals surface area contributed by atoms with Crippen molar-refractivity contribution in [2.45, 2.75) is 51.9 Å². The summed E-state index contributed by atoms with van der Waals surface area (Å²) in [7, 11) is 0. The van der Waals surface area contributed by atoms with Gasteiger partial charge in [-0.15, -0.1) is 0 Å². The average molecular weight is 285 g/mol. The van der Waals surface area contributed by atoms with E-state index in [0.717, 1.165) is 36.1 Å². The quantitative estimate of drug-likeness (QED) is 0.788. The lowest BCUT2D eigenvalue weighted by atomic mass is 9.70. The minimum absolute atomic E-state index is 0.857. The first-order chi connectivity index (χ1) is 10.3. The van der Waals surface area contributed by atoms with Gasteiger partial charge in [0.25, 0.3) is 0 Å². The summed E-state index contributed by atoms with van der Waals surface area (Å²) in [6.07, 6.45) is 7.22. The van der Waals surface area contributed by atoms with E-state index >= 15 is 0 Å². The van der Waals surface area contributed by atoms with Crippen molar-refractivity contribution in [1.82, 2.24) is 5.32 Å². The van der Waals surface area contributed by atoms with Gasteiger partial charge in [-0.3, -0.25) is 0 Å². The van der Waals surface area contributed by atoms with Crippen LogP contribution in [0.25, 0.3) is 0 Å². The van der Waals surface area contributed by atoms with E-state index in [1.165, 1.54) is 38.6 Å². The van der Waals surface area contributed by atoms with Gasteiger partial charge >= 0.3 is 0 Å². The van der Waals surface area contributed by atoms with Crippen LogP contribution in [-0.4, -0.2) is 13.1 Å². The van der Waals surface area contributed by atoms with Gasteiger partial charge in [0.2, 0.25) is 0 Å². The van der Waals surface area contributed by atoms with Crippen molar-refractivity contribution < 1.29 is 0 Å². The molecule has 1 aromatic rings. The maximum absolute atomic E-state index is 3.62. The van der Waals surface area contributed by atoms with Crippen molar-refractivity contribution >= 4 is 0 Å². The van der Waals surface area contributed by atoms with Crippen LogP contribution >= 0.6 is 0 Å². The summed E-state index contributed by atoms with van der Waals surface area (Å²) in [5.41, 5.74) is 1.59. The number of hydrogen-bond acceptors (Lipinski definition) is 1. The molecule has 0 bridgehead atoms. The molecule has 0 aliphatic heterocycles. The maximum Gasteiger partial charge on any atom is -0.00179 e. The van der Waals surface area contributed by atoms with Crippen molar-refractivity contribution in [3.63, 3.8) is 0 Å². The summed E-state index contributed by atoms with van der Waals surface area (Å²) in [6, 6.07) is 11.2. The second-order valence-corrected chi connectivity index (χ2v) is 7.24. The molecule has 2 aliphatic carbocycles. The van der Waals surface area contributed by atoms with E-state index in [0.29, 0.717) is 0 Å². The highest BCUT2D eigenvalue weighted by molar-refractivity contribution is 5.26. The lowest BCUT2D eigenvalue weighted by Crippen LogP contribution is -2.34. The first-order valence-electron chi connectivity index (χ1n) is 9.09. The standard InChI is InChI=1S/C20H31N/c1-3-15-10-11-17(14-21-4-2)18(12-15)20-13-19(20)16-8-6-5-7-9-16/h5-9,15,17-21H,3-4,10-14H2,1-2H3. The first kappa shape index (κ1) is 15.1. The molecule has 1 N–H and O–H groups in total. The zero-order valence-corrected chi connectivity index (χ0v) is 13.7. The smallest absolute Gasteiger partial charge is 0.00179 e. The number of rotatable bonds is 6. The largest absolute Gasteiger partial charge is 0.317 e. The van der Waals surface area contributed by atoms with Gasteiger partial charge in [0.1, 0.15) is 0 Å². The third kappa shape index (κ3) is 3.51. The molecule has 5 unspecified atom stereocenters. The van der Waals surface area contributed by atoms with Gasteiger partial charge in [-0.25, -0.2) is 0 Å². The fourth-order valence-corrected chi connectivity index (χ4v) is 4.61. The minimum Gasteiger partial charge on any atom is -0.317 e. The van der Waals surface area contributed by atoms with Gasteiger partial charge < -0.3 is 5.32 Å².